The third-order valence-corrected chi connectivity index (χ3v) is 3.92. The summed E-state index contributed by atoms with van der Waals surface area (Å²) in [7, 11) is 0. The van der Waals surface area contributed by atoms with E-state index in [2.05, 4.69) is 36.4 Å². The Bertz CT molecular complexity index is 692. The Hall–Kier alpha value is -2.49. The summed E-state index contributed by atoms with van der Waals surface area (Å²) < 4.78 is 10.8. The molecule has 2 aromatic rings. The van der Waals surface area contributed by atoms with Crippen molar-refractivity contribution in [2.75, 3.05) is 6.54 Å². The van der Waals surface area contributed by atoms with Crippen molar-refractivity contribution in [2.24, 2.45) is 0 Å². The summed E-state index contributed by atoms with van der Waals surface area (Å²) >= 11 is 0. The molecule has 0 radical (unpaired) electrons. The second-order valence-corrected chi connectivity index (χ2v) is 6.46. The third-order valence-electron chi connectivity index (χ3n) is 3.92. The van der Waals surface area contributed by atoms with E-state index >= 15 is 0 Å². The number of cyclic esters (lactones) is 1. The maximum absolute atomic E-state index is 11.7. The summed E-state index contributed by atoms with van der Waals surface area (Å²) in [5, 5.41) is 0. The van der Waals surface area contributed by atoms with Crippen LogP contribution in [0.1, 0.15) is 26.3 Å². The fourth-order valence-electron chi connectivity index (χ4n) is 2.82. The summed E-state index contributed by atoms with van der Waals surface area (Å²) in [6, 6.07) is 16.4. The maximum atomic E-state index is 11.7. The number of rotatable bonds is 5. The van der Waals surface area contributed by atoms with Gasteiger partial charge in [0.15, 0.2) is 0 Å². The molecule has 1 aliphatic heterocycles. The van der Waals surface area contributed by atoms with Crippen LogP contribution in [0.5, 0.6) is 5.75 Å². The van der Waals surface area contributed by atoms with E-state index in [-0.39, 0.29) is 18.3 Å². The molecule has 0 unspecified atom stereocenters. The molecule has 1 aliphatic rings. The molecule has 0 spiro atoms. The molecule has 1 atom stereocenters. The van der Waals surface area contributed by atoms with Gasteiger partial charge in [0.2, 0.25) is 0 Å². The molecule has 0 N–H and O–H groups in total. The number of benzene rings is 2. The summed E-state index contributed by atoms with van der Waals surface area (Å²) in [4.78, 5) is 13.4. The average Bonchev–Trinajstić information content (AvgIpc) is 2.86. The number of carbonyl (C=O) groups is 1. The zero-order valence-corrected chi connectivity index (χ0v) is 14.4. The van der Waals surface area contributed by atoms with Crippen LogP contribution in [0.15, 0.2) is 48.5 Å². The van der Waals surface area contributed by atoms with Crippen molar-refractivity contribution in [1.82, 2.24) is 4.90 Å². The quantitative estimate of drug-likeness (QED) is 0.813. The van der Waals surface area contributed by atoms with E-state index in [0.717, 1.165) is 22.4 Å². The largest absolute Gasteiger partial charge is 0.491 e. The molecule has 4 nitrogen and oxygen atoms in total. The molecule has 24 heavy (non-hydrogen) atoms. The zero-order chi connectivity index (χ0) is 17.1. The molecule has 2 aromatic carbocycles. The van der Waals surface area contributed by atoms with Gasteiger partial charge in [0, 0.05) is 6.54 Å². The molecule has 1 amide bonds. The standard InChI is InChI=1S/C20H23NO3/c1-14(2)23-19-10-8-18(9-11-19)17-6-4-16(5-7-17)13-21-12-15(3)24-20(21)22/h4-11,14-15H,12-13H2,1-3H3/t15-/m1/s1. The highest BCUT2D eigenvalue weighted by Crippen LogP contribution is 2.24. The predicted molar refractivity (Wildman–Crippen MR) is 94.0 cm³/mol. The Kier molecular flexibility index (Phi) is 4.74. The Balaban J connectivity index is 1.67. The summed E-state index contributed by atoms with van der Waals surface area (Å²) in [6.07, 6.45) is -0.0780. The van der Waals surface area contributed by atoms with Crippen molar-refractivity contribution in [1.29, 1.82) is 0 Å². The van der Waals surface area contributed by atoms with Crippen molar-refractivity contribution in [3.8, 4) is 16.9 Å². The second-order valence-electron chi connectivity index (χ2n) is 6.46. The van der Waals surface area contributed by atoms with Gasteiger partial charge >= 0.3 is 6.09 Å². The Morgan fingerprint density at radius 2 is 1.67 bits per heavy atom. The van der Waals surface area contributed by atoms with Crippen LogP contribution >= 0.6 is 0 Å². The molecular weight excluding hydrogens is 302 g/mol. The first-order valence-corrected chi connectivity index (χ1v) is 8.33. The van der Waals surface area contributed by atoms with Crippen LogP contribution < -0.4 is 4.74 Å². The van der Waals surface area contributed by atoms with Crippen molar-refractivity contribution < 1.29 is 14.3 Å². The predicted octanol–water partition coefficient (Wildman–Crippen LogP) is 4.48. The van der Waals surface area contributed by atoms with Gasteiger partial charge in [-0.05, 0) is 49.6 Å². The van der Waals surface area contributed by atoms with Crippen molar-refractivity contribution in [3.05, 3.63) is 54.1 Å². The van der Waals surface area contributed by atoms with Gasteiger partial charge in [0.05, 0.1) is 12.6 Å². The van der Waals surface area contributed by atoms with E-state index in [9.17, 15) is 4.79 Å². The van der Waals surface area contributed by atoms with Gasteiger partial charge in [-0.3, -0.25) is 0 Å². The zero-order valence-electron chi connectivity index (χ0n) is 14.4. The SMILES string of the molecule is CC(C)Oc1ccc(-c2ccc(CN3C[C@@H](C)OC3=O)cc2)cc1. The minimum absolute atomic E-state index is 0.0247. The molecule has 3 rings (SSSR count). The van der Waals surface area contributed by atoms with Gasteiger partial charge in [0.25, 0.3) is 0 Å². The van der Waals surface area contributed by atoms with Crippen molar-refractivity contribution in [2.45, 2.75) is 39.5 Å². The van der Waals surface area contributed by atoms with E-state index in [4.69, 9.17) is 9.47 Å². The fraction of sp³-hybridized carbons (Fsp3) is 0.350. The summed E-state index contributed by atoms with van der Waals surface area (Å²) in [6.45, 7) is 7.18. The molecule has 0 bridgehead atoms. The highest BCUT2D eigenvalue weighted by Gasteiger charge is 2.27. The van der Waals surface area contributed by atoms with E-state index in [1.54, 1.807) is 4.90 Å². The summed E-state index contributed by atoms with van der Waals surface area (Å²) in [5.74, 6) is 0.882. The van der Waals surface area contributed by atoms with E-state index in [1.165, 1.54) is 0 Å². The first kappa shape index (κ1) is 16.4. The minimum atomic E-state index is -0.229. The normalized spacial score (nSPS) is 17.2. The number of hydrogen-bond acceptors (Lipinski definition) is 3. The number of amides is 1. The number of hydrogen-bond donors (Lipinski definition) is 0. The Morgan fingerprint density at radius 3 is 2.17 bits per heavy atom. The number of ether oxygens (including phenoxy) is 2. The van der Waals surface area contributed by atoms with E-state index < -0.39 is 0 Å². The molecule has 4 heteroatoms. The van der Waals surface area contributed by atoms with Gasteiger partial charge in [-0.25, -0.2) is 4.79 Å². The molecule has 0 saturated carbocycles. The topological polar surface area (TPSA) is 38.8 Å². The van der Waals surface area contributed by atoms with Crippen LogP contribution in [0.25, 0.3) is 11.1 Å². The lowest BCUT2D eigenvalue weighted by Crippen LogP contribution is -2.24. The Labute approximate surface area is 143 Å². The number of nitrogens with zero attached hydrogens (tertiary/aromatic N) is 1. The lowest BCUT2D eigenvalue weighted by atomic mass is 10.0. The molecular formula is C20H23NO3. The van der Waals surface area contributed by atoms with Gasteiger partial charge in [0.1, 0.15) is 11.9 Å². The maximum Gasteiger partial charge on any atom is 0.410 e. The van der Waals surface area contributed by atoms with Crippen LogP contribution in [-0.2, 0) is 11.3 Å². The van der Waals surface area contributed by atoms with Gasteiger partial charge in [-0.2, -0.15) is 0 Å². The van der Waals surface area contributed by atoms with Crippen LogP contribution in [0.2, 0.25) is 0 Å². The first-order chi connectivity index (χ1) is 11.5. The Morgan fingerprint density at radius 1 is 1.08 bits per heavy atom. The van der Waals surface area contributed by atoms with Crippen LogP contribution in [0, 0.1) is 0 Å². The lowest BCUT2D eigenvalue weighted by Gasteiger charge is -2.13. The highest BCUT2D eigenvalue weighted by atomic mass is 16.6. The molecule has 126 valence electrons. The first-order valence-electron chi connectivity index (χ1n) is 8.33. The molecule has 1 heterocycles. The fourth-order valence-corrected chi connectivity index (χ4v) is 2.82. The molecule has 1 saturated heterocycles. The summed E-state index contributed by atoms with van der Waals surface area (Å²) in [5.41, 5.74) is 3.39. The van der Waals surface area contributed by atoms with Crippen molar-refractivity contribution in [3.63, 3.8) is 0 Å². The molecule has 1 fully saturated rings. The molecule has 0 aromatic heterocycles. The van der Waals surface area contributed by atoms with Gasteiger partial charge < -0.3 is 14.4 Å². The highest BCUT2D eigenvalue weighted by molar-refractivity contribution is 5.70. The van der Waals surface area contributed by atoms with E-state index in [1.807, 2.05) is 32.9 Å². The smallest absolute Gasteiger partial charge is 0.410 e. The third kappa shape index (κ3) is 3.88. The monoisotopic (exact) mass is 325 g/mol. The number of carbonyl (C=O) groups excluding carboxylic acids is 1. The minimum Gasteiger partial charge on any atom is -0.491 e. The van der Waals surface area contributed by atoms with Gasteiger partial charge in [-0.1, -0.05) is 36.4 Å². The average molecular weight is 325 g/mol. The second kappa shape index (κ2) is 6.95. The van der Waals surface area contributed by atoms with Crippen LogP contribution in [0.4, 0.5) is 4.79 Å². The molecule has 0 aliphatic carbocycles. The van der Waals surface area contributed by atoms with Crippen molar-refractivity contribution >= 4 is 6.09 Å². The van der Waals surface area contributed by atoms with Crippen LogP contribution in [-0.4, -0.2) is 29.7 Å². The van der Waals surface area contributed by atoms with Gasteiger partial charge in [-0.15, -0.1) is 0 Å². The van der Waals surface area contributed by atoms with E-state index in [0.29, 0.717) is 13.1 Å². The lowest BCUT2D eigenvalue weighted by molar-refractivity contribution is 0.137. The van der Waals surface area contributed by atoms with Crippen LogP contribution in [0.3, 0.4) is 0 Å².